The number of nitrogens with zero attached hydrogens (tertiary/aromatic N) is 1. The summed E-state index contributed by atoms with van der Waals surface area (Å²) in [5.74, 6) is -0.771. The molecule has 41 heavy (non-hydrogen) atoms. The summed E-state index contributed by atoms with van der Waals surface area (Å²) in [4.78, 5) is 41.7. The third kappa shape index (κ3) is 6.07. The zero-order valence-corrected chi connectivity index (χ0v) is 22.8. The summed E-state index contributed by atoms with van der Waals surface area (Å²) in [6, 6.07) is 25.7. The van der Waals surface area contributed by atoms with Crippen LogP contribution in [0.5, 0.6) is 11.5 Å². The van der Waals surface area contributed by atoms with Crippen molar-refractivity contribution < 1.29 is 28.2 Å². The van der Waals surface area contributed by atoms with Crippen molar-refractivity contribution in [3.05, 3.63) is 119 Å². The zero-order valence-electron chi connectivity index (χ0n) is 22.0. The number of benzene rings is 4. The molecule has 5 rings (SSSR count). The van der Waals surface area contributed by atoms with Crippen LogP contribution in [0.15, 0.2) is 113 Å². The summed E-state index contributed by atoms with van der Waals surface area (Å²) < 4.78 is 24.0. The van der Waals surface area contributed by atoms with Gasteiger partial charge < -0.3 is 20.1 Å². The maximum Gasteiger partial charge on any atom is 0.283 e. The van der Waals surface area contributed by atoms with Crippen LogP contribution in [0.25, 0.3) is 0 Å². The largest absolute Gasteiger partial charge is 0.497 e. The summed E-state index contributed by atoms with van der Waals surface area (Å²) in [6.45, 7) is 0. The molecule has 10 heteroatoms. The number of thioether (sulfide) groups is 1. The molecule has 1 aliphatic heterocycles. The summed E-state index contributed by atoms with van der Waals surface area (Å²) in [5.41, 5.74) is 1.80. The van der Waals surface area contributed by atoms with Gasteiger partial charge in [0.2, 0.25) is 0 Å². The molecule has 1 aliphatic rings. The van der Waals surface area contributed by atoms with Crippen LogP contribution in [0.3, 0.4) is 0 Å². The van der Waals surface area contributed by atoms with Gasteiger partial charge in [-0.05, 0) is 84.9 Å². The van der Waals surface area contributed by atoms with Gasteiger partial charge in [-0.1, -0.05) is 23.9 Å². The van der Waals surface area contributed by atoms with Crippen molar-refractivity contribution in [1.82, 2.24) is 0 Å². The Hall–Kier alpha value is -5.09. The van der Waals surface area contributed by atoms with E-state index in [0.29, 0.717) is 33.3 Å². The number of carbonyl (C=O) groups is 3. The van der Waals surface area contributed by atoms with Crippen LogP contribution >= 0.6 is 11.8 Å². The predicted molar refractivity (Wildman–Crippen MR) is 156 cm³/mol. The lowest BCUT2D eigenvalue weighted by Crippen LogP contribution is -2.32. The van der Waals surface area contributed by atoms with Gasteiger partial charge in [-0.2, -0.15) is 0 Å². The van der Waals surface area contributed by atoms with E-state index in [1.165, 1.54) is 31.4 Å². The average molecular weight is 570 g/mol. The zero-order chi connectivity index (χ0) is 28.9. The van der Waals surface area contributed by atoms with Gasteiger partial charge in [0.25, 0.3) is 17.7 Å². The number of carbonyl (C=O) groups excluding carboxylic acids is 3. The third-order valence-electron chi connectivity index (χ3n) is 6.13. The molecule has 1 heterocycles. The van der Waals surface area contributed by atoms with E-state index in [1.807, 2.05) is 0 Å². The normalized spacial score (nSPS) is 12.9. The number of methoxy groups -OCH3 is 2. The summed E-state index contributed by atoms with van der Waals surface area (Å²) in [6.07, 6.45) is 0. The lowest BCUT2D eigenvalue weighted by molar-refractivity contribution is -0.120. The minimum atomic E-state index is -0.581. The SMILES string of the molecule is COc1ccc(NC2=C(Sc3cccc(NC(=O)c4cccc(OC)c4)c3)C(=O)N(c3ccc(F)cc3)C2=O)cc1. The van der Waals surface area contributed by atoms with Crippen LogP contribution in [0.4, 0.5) is 21.5 Å². The molecule has 0 bridgehead atoms. The van der Waals surface area contributed by atoms with Gasteiger partial charge in [0.1, 0.15) is 27.9 Å². The Labute approximate surface area is 239 Å². The van der Waals surface area contributed by atoms with E-state index < -0.39 is 17.6 Å². The first-order chi connectivity index (χ1) is 19.9. The van der Waals surface area contributed by atoms with Crippen LogP contribution in [-0.4, -0.2) is 31.9 Å². The molecule has 3 amide bonds. The van der Waals surface area contributed by atoms with Gasteiger partial charge in [0.05, 0.1) is 19.9 Å². The van der Waals surface area contributed by atoms with Crippen LogP contribution in [0, 0.1) is 5.82 Å². The van der Waals surface area contributed by atoms with Crippen LogP contribution < -0.4 is 25.0 Å². The Balaban J connectivity index is 1.44. The number of hydrogen-bond donors (Lipinski definition) is 2. The van der Waals surface area contributed by atoms with Crippen molar-refractivity contribution in [2.24, 2.45) is 0 Å². The molecule has 0 radical (unpaired) electrons. The van der Waals surface area contributed by atoms with E-state index in [4.69, 9.17) is 9.47 Å². The summed E-state index contributed by atoms with van der Waals surface area (Å²) in [5, 5.41) is 5.92. The molecule has 0 saturated carbocycles. The minimum absolute atomic E-state index is 0.0697. The van der Waals surface area contributed by atoms with E-state index in [1.54, 1.807) is 79.9 Å². The van der Waals surface area contributed by atoms with Crippen molar-refractivity contribution >= 4 is 46.5 Å². The predicted octanol–water partition coefficient (Wildman–Crippen LogP) is 6.08. The summed E-state index contributed by atoms with van der Waals surface area (Å²) in [7, 11) is 3.07. The highest BCUT2D eigenvalue weighted by Gasteiger charge is 2.40. The van der Waals surface area contributed by atoms with Gasteiger partial charge in [-0.15, -0.1) is 0 Å². The Kier molecular flexibility index (Phi) is 8.02. The fourth-order valence-corrected chi connectivity index (χ4v) is 5.07. The highest BCUT2D eigenvalue weighted by atomic mass is 32.2. The van der Waals surface area contributed by atoms with E-state index in [2.05, 4.69) is 10.6 Å². The van der Waals surface area contributed by atoms with Crippen molar-refractivity contribution in [1.29, 1.82) is 0 Å². The van der Waals surface area contributed by atoms with E-state index >= 15 is 0 Å². The molecule has 4 aromatic carbocycles. The molecule has 2 N–H and O–H groups in total. The van der Waals surface area contributed by atoms with Gasteiger partial charge >= 0.3 is 0 Å². The second-order valence-corrected chi connectivity index (χ2v) is 9.88. The third-order valence-corrected chi connectivity index (χ3v) is 7.20. The Morgan fingerprint density at radius 2 is 1.49 bits per heavy atom. The van der Waals surface area contributed by atoms with Crippen LogP contribution in [0.2, 0.25) is 0 Å². The van der Waals surface area contributed by atoms with Gasteiger partial charge in [-0.25, -0.2) is 9.29 Å². The smallest absolute Gasteiger partial charge is 0.283 e. The summed E-state index contributed by atoms with van der Waals surface area (Å²) >= 11 is 1.08. The maximum absolute atomic E-state index is 13.6. The molecule has 206 valence electrons. The molecule has 0 aliphatic carbocycles. The molecule has 0 atom stereocenters. The Morgan fingerprint density at radius 3 is 2.20 bits per heavy atom. The van der Waals surface area contributed by atoms with Crippen molar-refractivity contribution in [2.75, 3.05) is 29.8 Å². The van der Waals surface area contributed by atoms with E-state index in [9.17, 15) is 18.8 Å². The fraction of sp³-hybridized carbons (Fsp3) is 0.0645. The number of nitrogens with one attached hydrogen (secondary N) is 2. The van der Waals surface area contributed by atoms with Gasteiger partial charge in [-0.3, -0.25) is 14.4 Å². The van der Waals surface area contributed by atoms with Crippen LogP contribution in [0.1, 0.15) is 10.4 Å². The molecule has 0 spiro atoms. The van der Waals surface area contributed by atoms with Crippen LogP contribution in [-0.2, 0) is 9.59 Å². The van der Waals surface area contributed by atoms with Crippen molar-refractivity contribution in [2.45, 2.75) is 4.90 Å². The van der Waals surface area contributed by atoms with Crippen molar-refractivity contribution in [3.63, 3.8) is 0 Å². The number of hydrogen-bond acceptors (Lipinski definition) is 7. The lowest BCUT2D eigenvalue weighted by Gasteiger charge is -2.15. The highest BCUT2D eigenvalue weighted by molar-refractivity contribution is 8.04. The quantitative estimate of drug-likeness (QED) is 0.236. The number of ether oxygens (including phenoxy) is 2. The molecule has 4 aromatic rings. The molecule has 0 saturated heterocycles. The lowest BCUT2D eigenvalue weighted by atomic mass is 10.2. The molecule has 0 unspecified atom stereocenters. The highest BCUT2D eigenvalue weighted by Crippen LogP contribution is 2.38. The fourth-order valence-electron chi connectivity index (χ4n) is 4.08. The molecular weight excluding hydrogens is 545 g/mol. The monoisotopic (exact) mass is 569 g/mol. The topological polar surface area (TPSA) is 97.0 Å². The van der Waals surface area contributed by atoms with Crippen molar-refractivity contribution in [3.8, 4) is 11.5 Å². The molecule has 0 fully saturated rings. The standard InChI is InChI=1S/C31H24FN3O5S/c1-39-24-15-11-21(12-16-24)33-27-28(31(38)35(30(27)37)23-13-9-20(32)10-14-23)41-26-8-4-6-22(18-26)34-29(36)19-5-3-7-25(17-19)40-2/h3-18,33H,1-2H3,(H,34,36). The Bertz CT molecular complexity index is 1660. The Morgan fingerprint density at radius 1 is 0.780 bits per heavy atom. The van der Waals surface area contributed by atoms with Gasteiger partial charge in [0.15, 0.2) is 0 Å². The number of imide groups is 1. The number of rotatable bonds is 9. The number of halogens is 1. The second kappa shape index (κ2) is 12.0. The van der Waals surface area contributed by atoms with E-state index in [-0.39, 0.29) is 22.2 Å². The minimum Gasteiger partial charge on any atom is -0.497 e. The molecule has 0 aromatic heterocycles. The first-order valence-electron chi connectivity index (χ1n) is 12.4. The number of amides is 3. The van der Waals surface area contributed by atoms with E-state index in [0.717, 1.165) is 16.7 Å². The van der Waals surface area contributed by atoms with Gasteiger partial charge in [0, 0.05) is 21.8 Å². The average Bonchev–Trinajstić information content (AvgIpc) is 3.22. The maximum atomic E-state index is 13.6. The molecule has 8 nitrogen and oxygen atoms in total. The number of anilines is 3. The first kappa shape index (κ1) is 27.5. The first-order valence-corrected chi connectivity index (χ1v) is 13.2. The molecular formula is C31H24FN3O5S. The second-order valence-electron chi connectivity index (χ2n) is 8.80.